The molecule has 0 saturated carbocycles. The monoisotopic (exact) mass is 278 g/mol. The Balaban J connectivity index is 1.73. The van der Waals surface area contributed by atoms with Gasteiger partial charge in [0.1, 0.15) is 4.75 Å². The molecule has 0 fully saturated rings. The molecule has 0 aromatic heterocycles. The van der Waals surface area contributed by atoms with Crippen LogP contribution >= 0.6 is 11.8 Å². The summed E-state index contributed by atoms with van der Waals surface area (Å²) >= 11 is 1.68. The minimum atomic E-state index is -0.407. The van der Waals surface area contributed by atoms with Crippen LogP contribution in [-0.2, 0) is 17.6 Å². The zero-order valence-corrected chi connectivity index (χ0v) is 11.8. The summed E-state index contributed by atoms with van der Waals surface area (Å²) in [6.07, 6.45) is 1.96. The highest BCUT2D eigenvalue weighted by Gasteiger charge is 2.45. The lowest BCUT2D eigenvalue weighted by atomic mass is 9.76. The van der Waals surface area contributed by atoms with Crippen molar-refractivity contribution in [3.05, 3.63) is 59.2 Å². The van der Waals surface area contributed by atoms with E-state index in [1.165, 1.54) is 22.4 Å². The molecule has 2 aromatic carbocycles. The van der Waals surface area contributed by atoms with Gasteiger partial charge in [0.25, 0.3) is 0 Å². The van der Waals surface area contributed by atoms with Gasteiger partial charge >= 0.3 is 0 Å². The molecule has 1 aliphatic carbocycles. The largest absolute Gasteiger partial charge is 0.384 e. The summed E-state index contributed by atoms with van der Waals surface area (Å²) in [5, 5.41) is 13.1. The molecule has 0 spiro atoms. The van der Waals surface area contributed by atoms with Gasteiger partial charge in [-0.25, -0.2) is 0 Å². The maximum absolute atomic E-state index is 9.70. The van der Waals surface area contributed by atoms with Gasteiger partial charge in [-0.3, -0.25) is 0 Å². The number of anilines is 1. The Bertz CT molecular complexity index is 718. The van der Waals surface area contributed by atoms with Gasteiger partial charge in [-0.1, -0.05) is 36.0 Å². The van der Waals surface area contributed by atoms with Gasteiger partial charge in [0.05, 0.1) is 6.07 Å². The van der Waals surface area contributed by atoms with Gasteiger partial charge < -0.3 is 5.32 Å². The summed E-state index contributed by atoms with van der Waals surface area (Å²) in [5.41, 5.74) is 5.16. The zero-order chi connectivity index (χ0) is 13.6. The number of hydrogen-bond acceptors (Lipinski definition) is 3. The lowest BCUT2D eigenvalue weighted by molar-refractivity contribution is 0.680. The molecule has 1 aliphatic heterocycles. The molecule has 2 nitrogen and oxygen atoms in total. The van der Waals surface area contributed by atoms with E-state index in [4.69, 9.17) is 0 Å². The van der Waals surface area contributed by atoms with E-state index in [-0.39, 0.29) is 0 Å². The lowest BCUT2D eigenvalue weighted by Crippen LogP contribution is -2.34. The van der Waals surface area contributed by atoms with Gasteiger partial charge in [0.2, 0.25) is 0 Å². The number of nitrogens with one attached hydrogen (secondary N) is 1. The van der Waals surface area contributed by atoms with Crippen molar-refractivity contribution >= 4 is 17.4 Å². The first-order chi connectivity index (χ1) is 9.81. The number of nitrogens with zero attached hydrogens (tertiary/aromatic N) is 1. The molecule has 2 aromatic rings. The van der Waals surface area contributed by atoms with Crippen LogP contribution in [0.2, 0.25) is 0 Å². The first kappa shape index (κ1) is 11.9. The van der Waals surface area contributed by atoms with E-state index in [0.717, 1.165) is 24.3 Å². The Kier molecular flexibility index (Phi) is 2.55. The molecule has 4 rings (SSSR count). The van der Waals surface area contributed by atoms with E-state index < -0.39 is 4.75 Å². The predicted molar refractivity (Wildman–Crippen MR) is 81.9 cm³/mol. The average Bonchev–Trinajstić information content (AvgIpc) is 2.93. The van der Waals surface area contributed by atoms with Crippen molar-refractivity contribution in [1.82, 2.24) is 0 Å². The Labute approximate surface area is 122 Å². The van der Waals surface area contributed by atoms with Crippen LogP contribution in [0, 0.1) is 11.3 Å². The maximum atomic E-state index is 9.70. The standard InChI is InChI=1S/C17H14N2S/c18-11-17(20-14-4-2-1-3-5-14)10-13-8-12-6-7-19-16(12)9-15(13)17/h1-5,8-9,19H,6-7,10H2. The molecule has 0 saturated heterocycles. The Hall–Kier alpha value is -1.92. The van der Waals surface area contributed by atoms with Crippen molar-refractivity contribution in [2.45, 2.75) is 22.5 Å². The normalized spacial score (nSPS) is 22.1. The minimum absolute atomic E-state index is 0.407. The summed E-state index contributed by atoms with van der Waals surface area (Å²) < 4.78 is -0.407. The summed E-state index contributed by atoms with van der Waals surface area (Å²) in [6, 6.07) is 17.2. The van der Waals surface area contributed by atoms with Crippen LogP contribution in [0.25, 0.3) is 0 Å². The SMILES string of the molecule is N#CC1(Sc2ccccc2)Cc2cc3c(cc21)NCC3. The van der Waals surface area contributed by atoms with Crippen molar-refractivity contribution in [3.63, 3.8) is 0 Å². The van der Waals surface area contributed by atoms with Crippen LogP contribution in [0.15, 0.2) is 47.4 Å². The highest BCUT2D eigenvalue weighted by Crippen LogP contribution is 2.53. The van der Waals surface area contributed by atoms with Crippen molar-refractivity contribution in [2.75, 3.05) is 11.9 Å². The molecule has 98 valence electrons. The summed E-state index contributed by atoms with van der Waals surface area (Å²) in [6.45, 7) is 1.02. The zero-order valence-electron chi connectivity index (χ0n) is 11.0. The summed E-state index contributed by atoms with van der Waals surface area (Å²) in [4.78, 5) is 1.16. The van der Waals surface area contributed by atoms with Crippen molar-refractivity contribution < 1.29 is 0 Å². The molecular formula is C17H14N2S. The van der Waals surface area contributed by atoms with E-state index in [1.54, 1.807) is 11.8 Å². The lowest BCUT2D eigenvalue weighted by Gasteiger charge is -2.38. The number of benzene rings is 2. The smallest absolute Gasteiger partial charge is 0.136 e. The molecule has 1 unspecified atom stereocenters. The maximum Gasteiger partial charge on any atom is 0.136 e. The predicted octanol–water partition coefficient (Wildman–Crippen LogP) is 3.72. The second-order valence-corrected chi connectivity index (χ2v) is 6.75. The molecule has 0 radical (unpaired) electrons. The minimum Gasteiger partial charge on any atom is -0.384 e. The molecule has 1 atom stereocenters. The fourth-order valence-electron chi connectivity index (χ4n) is 3.08. The molecule has 0 bridgehead atoms. The molecule has 20 heavy (non-hydrogen) atoms. The molecule has 1 heterocycles. The first-order valence-electron chi connectivity index (χ1n) is 6.86. The van der Waals surface area contributed by atoms with Gasteiger partial charge in [0, 0.05) is 23.5 Å². The topological polar surface area (TPSA) is 35.8 Å². The fraction of sp³-hybridized carbons (Fsp3) is 0.235. The number of hydrogen-bond donors (Lipinski definition) is 1. The Morgan fingerprint density at radius 2 is 2.00 bits per heavy atom. The van der Waals surface area contributed by atoms with Crippen LogP contribution in [0.1, 0.15) is 16.7 Å². The Morgan fingerprint density at radius 3 is 2.80 bits per heavy atom. The summed E-state index contributed by atoms with van der Waals surface area (Å²) in [5.74, 6) is 0. The summed E-state index contributed by atoms with van der Waals surface area (Å²) in [7, 11) is 0. The van der Waals surface area contributed by atoms with Crippen molar-refractivity contribution in [1.29, 1.82) is 5.26 Å². The highest BCUT2D eigenvalue weighted by molar-refractivity contribution is 8.00. The highest BCUT2D eigenvalue weighted by atomic mass is 32.2. The van der Waals surface area contributed by atoms with E-state index in [1.807, 2.05) is 18.2 Å². The average molecular weight is 278 g/mol. The third-order valence-corrected chi connectivity index (χ3v) is 5.44. The van der Waals surface area contributed by atoms with Crippen LogP contribution in [0.3, 0.4) is 0 Å². The van der Waals surface area contributed by atoms with Gasteiger partial charge in [-0.2, -0.15) is 5.26 Å². The number of thioether (sulfide) groups is 1. The second-order valence-electron chi connectivity index (χ2n) is 5.37. The van der Waals surface area contributed by atoms with Crippen LogP contribution < -0.4 is 5.32 Å². The van der Waals surface area contributed by atoms with Crippen LogP contribution in [0.5, 0.6) is 0 Å². The van der Waals surface area contributed by atoms with Gasteiger partial charge in [-0.15, -0.1) is 0 Å². The Morgan fingerprint density at radius 1 is 1.15 bits per heavy atom. The van der Waals surface area contributed by atoms with Crippen molar-refractivity contribution in [2.24, 2.45) is 0 Å². The third kappa shape index (κ3) is 1.65. The fourth-order valence-corrected chi connectivity index (χ4v) is 4.35. The molecule has 1 N–H and O–H groups in total. The van der Waals surface area contributed by atoms with Crippen molar-refractivity contribution in [3.8, 4) is 6.07 Å². The molecule has 3 heteroatoms. The second kappa shape index (κ2) is 4.29. The van der Waals surface area contributed by atoms with Gasteiger partial charge in [-0.05, 0) is 41.3 Å². The number of rotatable bonds is 2. The van der Waals surface area contributed by atoms with Gasteiger partial charge in [0.15, 0.2) is 0 Å². The molecule has 2 aliphatic rings. The number of fused-ring (bicyclic) bond motifs is 2. The van der Waals surface area contributed by atoms with Crippen LogP contribution in [-0.4, -0.2) is 6.54 Å². The van der Waals surface area contributed by atoms with E-state index in [2.05, 4.69) is 35.7 Å². The molecular weight excluding hydrogens is 264 g/mol. The third-order valence-electron chi connectivity index (χ3n) is 4.13. The van der Waals surface area contributed by atoms with E-state index in [0.29, 0.717) is 0 Å². The van der Waals surface area contributed by atoms with Crippen LogP contribution in [0.4, 0.5) is 5.69 Å². The van der Waals surface area contributed by atoms with E-state index >= 15 is 0 Å². The first-order valence-corrected chi connectivity index (χ1v) is 7.68. The quantitative estimate of drug-likeness (QED) is 0.909. The molecule has 0 amide bonds. The number of nitriles is 1. The van der Waals surface area contributed by atoms with E-state index in [9.17, 15) is 5.26 Å².